The van der Waals surface area contributed by atoms with Crippen molar-refractivity contribution in [2.75, 3.05) is 0 Å². The molecular weight excluding hydrogens is 357 g/mol. The molecule has 3 N–H and O–H groups in total. The molecule has 7 nitrogen and oxygen atoms in total. The van der Waals surface area contributed by atoms with Crippen molar-refractivity contribution < 1.29 is 28.7 Å². The van der Waals surface area contributed by atoms with Crippen LogP contribution in [0, 0.1) is 0 Å². The number of benzene rings is 2. The second kappa shape index (κ2) is 9.40. The van der Waals surface area contributed by atoms with E-state index in [9.17, 15) is 19.0 Å². The van der Waals surface area contributed by atoms with Crippen LogP contribution in [0.4, 0.5) is 0 Å². The molecule has 2 atom stereocenters. The quantitative estimate of drug-likeness (QED) is 0.431. The van der Waals surface area contributed by atoms with Gasteiger partial charge >= 0.3 is 13.7 Å². The molecule has 0 fully saturated rings. The zero-order valence-corrected chi connectivity index (χ0v) is 14.8. The topological polar surface area (TPSA) is 113 Å². The molecule has 0 spiro atoms. The van der Waals surface area contributed by atoms with E-state index >= 15 is 0 Å². The lowest BCUT2D eigenvalue weighted by Gasteiger charge is -2.17. The molecule has 0 bridgehead atoms. The van der Waals surface area contributed by atoms with Crippen molar-refractivity contribution in [3.63, 3.8) is 0 Å². The molecule has 0 aliphatic heterocycles. The summed E-state index contributed by atoms with van der Waals surface area (Å²) in [5.41, 5.74) is 2.75. The number of nitrogens with one attached hydrogen (secondary N) is 1. The zero-order chi connectivity index (χ0) is 19.0. The number of carbonyl (C=O) groups is 2. The first-order valence-corrected chi connectivity index (χ1v) is 9.54. The fraction of sp³-hybridized carbons (Fsp3) is 0.222. The van der Waals surface area contributed by atoms with Gasteiger partial charge in [-0.05, 0) is 23.1 Å². The summed E-state index contributed by atoms with van der Waals surface area (Å²) in [6.07, 6.45) is -0.000303. The van der Waals surface area contributed by atoms with Gasteiger partial charge in [-0.25, -0.2) is 9.65 Å². The molecule has 0 saturated carbocycles. The van der Waals surface area contributed by atoms with Gasteiger partial charge in [-0.1, -0.05) is 54.6 Å². The highest BCUT2D eigenvalue weighted by Gasteiger charge is 2.24. The van der Waals surface area contributed by atoms with Crippen LogP contribution in [0.5, 0.6) is 0 Å². The van der Waals surface area contributed by atoms with Gasteiger partial charge in [0, 0.05) is 6.42 Å². The second-order valence-electron chi connectivity index (χ2n) is 5.66. The summed E-state index contributed by atoms with van der Waals surface area (Å²) in [5, 5.41) is 10.8. The highest BCUT2D eigenvalue weighted by molar-refractivity contribution is 7.50. The molecule has 138 valence electrons. The van der Waals surface area contributed by atoms with Gasteiger partial charge in [0.15, 0.2) is 0 Å². The van der Waals surface area contributed by atoms with Gasteiger partial charge in [0.1, 0.15) is 6.29 Å². The first-order chi connectivity index (χ1) is 12.4. The molecule has 0 aliphatic carbocycles. The Balaban J connectivity index is 1.91. The van der Waals surface area contributed by atoms with E-state index in [-0.39, 0.29) is 19.4 Å². The monoisotopic (exact) mass is 377 g/mol. The minimum Gasteiger partial charge on any atom is -0.481 e. The predicted octanol–water partition coefficient (Wildman–Crippen LogP) is 2.99. The standard InChI is InChI=1S/C18H20NO6P/c20-12-17(10-11-18(21)22)19-26(23,24)25-13-14-6-8-16(9-7-14)15-4-2-1-3-5-15/h1-9,12,17H,10-11,13H2,(H,21,22)(H2,19,23,24)/t17-/m0/s1. The predicted molar refractivity (Wildman–Crippen MR) is 96.3 cm³/mol. The summed E-state index contributed by atoms with van der Waals surface area (Å²) >= 11 is 0. The Kier molecular flexibility index (Phi) is 7.24. The van der Waals surface area contributed by atoms with Gasteiger partial charge < -0.3 is 14.8 Å². The lowest BCUT2D eigenvalue weighted by molar-refractivity contribution is -0.137. The van der Waals surface area contributed by atoms with Crippen LogP contribution in [-0.2, 0) is 25.3 Å². The maximum atomic E-state index is 12.0. The van der Waals surface area contributed by atoms with Gasteiger partial charge in [0.2, 0.25) is 0 Å². The Morgan fingerprint density at radius 2 is 1.73 bits per heavy atom. The van der Waals surface area contributed by atoms with Crippen LogP contribution in [0.15, 0.2) is 54.6 Å². The van der Waals surface area contributed by atoms with Crippen molar-refractivity contribution in [3.8, 4) is 11.1 Å². The second-order valence-corrected chi connectivity index (χ2v) is 7.22. The number of hydrogen-bond donors (Lipinski definition) is 3. The summed E-state index contributed by atoms with van der Waals surface area (Å²) in [4.78, 5) is 31.2. The zero-order valence-electron chi connectivity index (χ0n) is 13.9. The van der Waals surface area contributed by atoms with Crippen molar-refractivity contribution in [3.05, 3.63) is 60.2 Å². The number of carboxylic acids is 1. The van der Waals surface area contributed by atoms with Crippen molar-refractivity contribution >= 4 is 20.0 Å². The summed E-state index contributed by atoms with van der Waals surface area (Å²) in [6, 6.07) is 16.0. The van der Waals surface area contributed by atoms with Crippen LogP contribution in [0.2, 0.25) is 0 Å². The van der Waals surface area contributed by atoms with Gasteiger partial charge in [-0.2, -0.15) is 0 Å². The molecule has 1 unspecified atom stereocenters. The van der Waals surface area contributed by atoms with Gasteiger partial charge in [0.05, 0.1) is 12.6 Å². The van der Waals surface area contributed by atoms with E-state index in [1.54, 1.807) is 12.1 Å². The molecule has 0 heterocycles. The smallest absolute Gasteiger partial charge is 0.403 e. The van der Waals surface area contributed by atoms with Crippen LogP contribution in [0.1, 0.15) is 18.4 Å². The molecule has 2 aromatic rings. The van der Waals surface area contributed by atoms with E-state index in [0.29, 0.717) is 11.8 Å². The Bertz CT molecular complexity index is 778. The maximum Gasteiger partial charge on any atom is 0.403 e. The first kappa shape index (κ1) is 20.0. The summed E-state index contributed by atoms with van der Waals surface area (Å²) in [7, 11) is -4.23. The van der Waals surface area contributed by atoms with Gasteiger partial charge in [-0.15, -0.1) is 0 Å². The molecule has 0 saturated heterocycles. The molecule has 26 heavy (non-hydrogen) atoms. The number of aliphatic carboxylic acids is 1. The fourth-order valence-corrected chi connectivity index (χ4v) is 3.28. The highest BCUT2D eigenvalue weighted by Crippen LogP contribution is 2.39. The van der Waals surface area contributed by atoms with E-state index in [2.05, 4.69) is 5.09 Å². The third kappa shape index (κ3) is 6.54. The number of aldehydes is 1. The molecule has 0 aliphatic rings. The van der Waals surface area contributed by atoms with E-state index < -0.39 is 19.8 Å². The van der Waals surface area contributed by atoms with Crippen LogP contribution < -0.4 is 5.09 Å². The normalized spacial score (nSPS) is 14.3. The molecule has 0 radical (unpaired) electrons. The molecular formula is C18H20NO6P. The Hall–Kier alpha value is -2.31. The Morgan fingerprint density at radius 3 is 2.31 bits per heavy atom. The van der Waals surface area contributed by atoms with E-state index in [4.69, 9.17) is 9.63 Å². The third-order valence-electron chi connectivity index (χ3n) is 3.63. The summed E-state index contributed by atoms with van der Waals surface area (Å²) < 4.78 is 17.0. The van der Waals surface area contributed by atoms with Crippen LogP contribution in [0.25, 0.3) is 11.1 Å². The van der Waals surface area contributed by atoms with E-state index in [0.717, 1.165) is 11.1 Å². The number of rotatable bonds is 10. The van der Waals surface area contributed by atoms with Crippen LogP contribution >= 0.6 is 7.75 Å². The number of hydrogen-bond acceptors (Lipinski definition) is 4. The van der Waals surface area contributed by atoms with Crippen molar-refractivity contribution in [1.82, 2.24) is 5.09 Å². The number of carboxylic acid groups (broad SMARTS) is 1. The van der Waals surface area contributed by atoms with Crippen LogP contribution in [-0.4, -0.2) is 28.3 Å². The van der Waals surface area contributed by atoms with Gasteiger partial charge in [0.25, 0.3) is 0 Å². The number of carbonyl (C=O) groups excluding carboxylic acids is 1. The SMILES string of the molecule is O=C[C@H](CCC(=O)O)NP(=O)(O)OCc1ccc(-c2ccccc2)cc1. The first-order valence-electron chi connectivity index (χ1n) is 7.96. The molecule has 2 aromatic carbocycles. The molecule has 2 rings (SSSR count). The minimum absolute atomic E-state index is 0.0987. The lowest BCUT2D eigenvalue weighted by Crippen LogP contribution is -2.29. The Labute approximate surface area is 151 Å². The molecule has 0 aromatic heterocycles. The molecule has 8 heteroatoms. The summed E-state index contributed by atoms with van der Waals surface area (Å²) in [6.45, 7) is -0.125. The van der Waals surface area contributed by atoms with Crippen molar-refractivity contribution in [1.29, 1.82) is 0 Å². The minimum atomic E-state index is -4.23. The van der Waals surface area contributed by atoms with Crippen molar-refractivity contribution in [2.24, 2.45) is 0 Å². The third-order valence-corrected chi connectivity index (χ3v) is 4.77. The largest absolute Gasteiger partial charge is 0.481 e. The maximum absolute atomic E-state index is 12.0. The van der Waals surface area contributed by atoms with E-state index in [1.165, 1.54) is 0 Å². The Morgan fingerprint density at radius 1 is 1.12 bits per heavy atom. The average molecular weight is 377 g/mol. The van der Waals surface area contributed by atoms with E-state index in [1.807, 2.05) is 42.5 Å². The fourth-order valence-electron chi connectivity index (χ4n) is 2.27. The van der Waals surface area contributed by atoms with Crippen molar-refractivity contribution in [2.45, 2.75) is 25.5 Å². The van der Waals surface area contributed by atoms with Gasteiger partial charge in [-0.3, -0.25) is 9.32 Å². The van der Waals surface area contributed by atoms with Crippen LogP contribution in [0.3, 0.4) is 0 Å². The summed E-state index contributed by atoms with van der Waals surface area (Å²) in [5.74, 6) is -1.09. The highest BCUT2D eigenvalue weighted by atomic mass is 31.2. The average Bonchev–Trinajstić information content (AvgIpc) is 2.64. The molecule has 0 amide bonds. The lowest BCUT2D eigenvalue weighted by atomic mass is 10.0.